The number of benzene rings is 1. The summed E-state index contributed by atoms with van der Waals surface area (Å²) in [5.41, 5.74) is 0.974. The van der Waals surface area contributed by atoms with E-state index in [0.29, 0.717) is 32.7 Å². The van der Waals surface area contributed by atoms with Crippen LogP contribution in [0.5, 0.6) is 0 Å². The van der Waals surface area contributed by atoms with E-state index in [1.165, 1.54) is 0 Å². The lowest BCUT2D eigenvalue weighted by molar-refractivity contribution is -0.144. The zero-order valence-electron chi connectivity index (χ0n) is 9.71. The Labute approximate surface area is 101 Å². The van der Waals surface area contributed by atoms with Gasteiger partial charge in [0.15, 0.2) is 0 Å². The molecule has 4 heteroatoms. The number of rotatable bonds is 3. The van der Waals surface area contributed by atoms with Crippen LogP contribution in [0.25, 0.3) is 0 Å². The number of amides is 1. The van der Waals surface area contributed by atoms with Crippen molar-refractivity contribution in [2.24, 2.45) is 0 Å². The quantitative estimate of drug-likeness (QED) is 0.827. The standard InChI is InChI=1S/C13H17NO3/c15-12(10-11-4-2-1-3-5-11)13(16)14-6-8-17-9-7-14/h1-5,12,15H,6-10H2. The van der Waals surface area contributed by atoms with E-state index >= 15 is 0 Å². The van der Waals surface area contributed by atoms with Gasteiger partial charge in [-0.1, -0.05) is 30.3 Å². The van der Waals surface area contributed by atoms with Gasteiger partial charge in [0.1, 0.15) is 6.10 Å². The molecule has 0 aromatic heterocycles. The van der Waals surface area contributed by atoms with Gasteiger partial charge in [-0.15, -0.1) is 0 Å². The fourth-order valence-electron chi connectivity index (χ4n) is 1.92. The molecule has 1 aromatic carbocycles. The van der Waals surface area contributed by atoms with Crippen molar-refractivity contribution in [1.82, 2.24) is 4.90 Å². The summed E-state index contributed by atoms with van der Waals surface area (Å²) in [5, 5.41) is 9.89. The predicted molar refractivity (Wildman–Crippen MR) is 63.6 cm³/mol. The minimum Gasteiger partial charge on any atom is -0.383 e. The SMILES string of the molecule is O=C(C(O)Cc1ccccc1)N1CCOCC1. The average molecular weight is 235 g/mol. The van der Waals surface area contributed by atoms with Crippen LogP contribution in [0.1, 0.15) is 5.56 Å². The lowest BCUT2D eigenvalue weighted by atomic mass is 10.1. The van der Waals surface area contributed by atoms with Crippen molar-refractivity contribution in [3.05, 3.63) is 35.9 Å². The molecule has 0 aliphatic carbocycles. The number of nitrogens with zero attached hydrogens (tertiary/aromatic N) is 1. The predicted octanol–water partition coefficient (Wildman–Crippen LogP) is 0.449. The van der Waals surface area contributed by atoms with Crippen LogP contribution in [0.2, 0.25) is 0 Å². The second kappa shape index (κ2) is 5.80. The third-order valence-electron chi connectivity index (χ3n) is 2.88. The van der Waals surface area contributed by atoms with E-state index in [-0.39, 0.29) is 5.91 Å². The third-order valence-corrected chi connectivity index (χ3v) is 2.88. The molecule has 1 unspecified atom stereocenters. The van der Waals surface area contributed by atoms with E-state index in [1.54, 1.807) is 4.90 Å². The Hall–Kier alpha value is -1.39. The Bertz CT molecular complexity index is 360. The molecule has 0 spiro atoms. The Morgan fingerprint density at radius 2 is 1.94 bits per heavy atom. The maximum absolute atomic E-state index is 11.9. The highest BCUT2D eigenvalue weighted by molar-refractivity contribution is 5.81. The third kappa shape index (κ3) is 3.28. The molecule has 1 heterocycles. The fraction of sp³-hybridized carbons (Fsp3) is 0.462. The van der Waals surface area contributed by atoms with Crippen molar-refractivity contribution in [2.45, 2.75) is 12.5 Å². The van der Waals surface area contributed by atoms with E-state index in [1.807, 2.05) is 30.3 Å². The number of morpholine rings is 1. The molecule has 1 aromatic rings. The van der Waals surface area contributed by atoms with Gasteiger partial charge in [-0.05, 0) is 5.56 Å². The lowest BCUT2D eigenvalue weighted by Gasteiger charge is -2.28. The van der Waals surface area contributed by atoms with Crippen molar-refractivity contribution in [3.63, 3.8) is 0 Å². The molecular formula is C13H17NO3. The minimum absolute atomic E-state index is 0.197. The van der Waals surface area contributed by atoms with E-state index < -0.39 is 6.10 Å². The first-order valence-corrected chi connectivity index (χ1v) is 5.86. The van der Waals surface area contributed by atoms with E-state index in [9.17, 15) is 9.90 Å². The van der Waals surface area contributed by atoms with Crippen molar-refractivity contribution < 1.29 is 14.6 Å². The zero-order chi connectivity index (χ0) is 12.1. The Morgan fingerprint density at radius 3 is 2.59 bits per heavy atom. The summed E-state index contributed by atoms with van der Waals surface area (Å²) in [6.45, 7) is 2.27. The molecule has 0 saturated carbocycles. The summed E-state index contributed by atoms with van der Waals surface area (Å²) in [5.74, 6) is -0.197. The van der Waals surface area contributed by atoms with Crippen molar-refractivity contribution in [3.8, 4) is 0 Å². The van der Waals surface area contributed by atoms with Crippen molar-refractivity contribution in [1.29, 1.82) is 0 Å². The van der Waals surface area contributed by atoms with Gasteiger partial charge in [0.25, 0.3) is 5.91 Å². The summed E-state index contributed by atoms with van der Waals surface area (Å²) in [4.78, 5) is 13.6. The summed E-state index contributed by atoms with van der Waals surface area (Å²) in [7, 11) is 0. The molecule has 0 bridgehead atoms. The summed E-state index contributed by atoms with van der Waals surface area (Å²) in [6.07, 6.45) is -0.577. The van der Waals surface area contributed by atoms with Crippen LogP contribution >= 0.6 is 0 Å². The molecule has 1 atom stereocenters. The van der Waals surface area contributed by atoms with Crippen LogP contribution in [0.15, 0.2) is 30.3 Å². The first kappa shape index (κ1) is 12.1. The van der Waals surface area contributed by atoms with E-state index in [2.05, 4.69) is 0 Å². The monoisotopic (exact) mass is 235 g/mol. The van der Waals surface area contributed by atoms with Gasteiger partial charge in [-0.25, -0.2) is 0 Å². The molecule has 1 N–H and O–H groups in total. The molecule has 0 radical (unpaired) electrons. The molecular weight excluding hydrogens is 218 g/mol. The van der Waals surface area contributed by atoms with Gasteiger partial charge in [-0.2, -0.15) is 0 Å². The average Bonchev–Trinajstić information content (AvgIpc) is 2.40. The molecule has 1 aliphatic rings. The van der Waals surface area contributed by atoms with Crippen molar-refractivity contribution >= 4 is 5.91 Å². The van der Waals surface area contributed by atoms with Crippen LogP contribution in [0.3, 0.4) is 0 Å². The van der Waals surface area contributed by atoms with Crippen LogP contribution in [0, 0.1) is 0 Å². The second-order valence-electron chi connectivity index (χ2n) is 4.14. The molecule has 1 amide bonds. The lowest BCUT2D eigenvalue weighted by Crippen LogP contribution is -2.46. The van der Waals surface area contributed by atoms with Gasteiger partial charge in [0, 0.05) is 19.5 Å². The second-order valence-corrected chi connectivity index (χ2v) is 4.14. The first-order chi connectivity index (χ1) is 8.27. The first-order valence-electron chi connectivity index (χ1n) is 5.86. The Morgan fingerprint density at radius 1 is 1.29 bits per heavy atom. The largest absolute Gasteiger partial charge is 0.383 e. The zero-order valence-corrected chi connectivity index (χ0v) is 9.71. The van der Waals surface area contributed by atoms with Gasteiger partial charge < -0.3 is 14.7 Å². The number of hydrogen-bond donors (Lipinski definition) is 1. The molecule has 4 nitrogen and oxygen atoms in total. The van der Waals surface area contributed by atoms with Gasteiger partial charge in [0.05, 0.1) is 13.2 Å². The van der Waals surface area contributed by atoms with Gasteiger partial charge in [-0.3, -0.25) is 4.79 Å². The van der Waals surface area contributed by atoms with E-state index in [4.69, 9.17) is 4.74 Å². The van der Waals surface area contributed by atoms with Gasteiger partial charge in [0.2, 0.25) is 0 Å². The van der Waals surface area contributed by atoms with E-state index in [0.717, 1.165) is 5.56 Å². The number of carbonyl (C=O) groups excluding carboxylic acids is 1. The Kier molecular flexibility index (Phi) is 4.12. The number of ether oxygens (including phenoxy) is 1. The fourth-order valence-corrected chi connectivity index (χ4v) is 1.92. The van der Waals surface area contributed by atoms with Gasteiger partial charge >= 0.3 is 0 Å². The number of aliphatic hydroxyl groups excluding tert-OH is 1. The smallest absolute Gasteiger partial charge is 0.251 e. The van der Waals surface area contributed by atoms with Crippen LogP contribution in [0.4, 0.5) is 0 Å². The Balaban J connectivity index is 1.90. The normalized spacial score (nSPS) is 17.8. The minimum atomic E-state index is -0.949. The number of hydrogen-bond acceptors (Lipinski definition) is 3. The maximum Gasteiger partial charge on any atom is 0.251 e. The maximum atomic E-state index is 11.9. The van der Waals surface area contributed by atoms with Crippen molar-refractivity contribution in [2.75, 3.05) is 26.3 Å². The van der Waals surface area contributed by atoms with Crippen LogP contribution in [-0.2, 0) is 16.0 Å². The highest BCUT2D eigenvalue weighted by Crippen LogP contribution is 2.07. The summed E-state index contributed by atoms with van der Waals surface area (Å²) < 4.78 is 5.17. The summed E-state index contributed by atoms with van der Waals surface area (Å²) in [6, 6.07) is 9.55. The highest BCUT2D eigenvalue weighted by atomic mass is 16.5. The molecule has 17 heavy (non-hydrogen) atoms. The molecule has 1 aliphatic heterocycles. The number of carbonyl (C=O) groups is 1. The molecule has 1 saturated heterocycles. The van der Waals surface area contributed by atoms with Crippen LogP contribution in [-0.4, -0.2) is 48.3 Å². The summed E-state index contributed by atoms with van der Waals surface area (Å²) >= 11 is 0. The topological polar surface area (TPSA) is 49.8 Å². The van der Waals surface area contributed by atoms with Crippen LogP contribution < -0.4 is 0 Å². The molecule has 92 valence electrons. The molecule has 1 fully saturated rings. The molecule has 2 rings (SSSR count). The highest BCUT2D eigenvalue weighted by Gasteiger charge is 2.23. The number of aliphatic hydroxyl groups is 1.